The Balaban J connectivity index is 1.69. The largest absolute Gasteiger partial charge is 0.236 e. The number of hydrogen-bond donors (Lipinski definition) is 0. The zero-order valence-corrected chi connectivity index (χ0v) is 14.8. The molecule has 3 rings (SSSR count). The normalized spacial score (nSPS) is 16.8. The summed E-state index contributed by atoms with van der Waals surface area (Å²) in [5.41, 5.74) is 0.738. The van der Waals surface area contributed by atoms with Gasteiger partial charge in [-0.05, 0) is 35.9 Å². The first-order valence-electron chi connectivity index (χ1n) is 7.52. The third kappa shape index (κ3) is 3.81. The van der Waals surface area contributed by atoms with Crippen molar-refractivity contribution in [1.29, 1.82) is 0 Å². The van der Waals surface area contributed by atoms with E-state index in [0.717, 1.165) is 27.4 Å². The van der Waals surface area contributed by atoms with Crippen molar-refractivity contribution >= 4 is 25.9 Å². The van der Waals surface area contributed by atoms with Gasteiger partial charge in [0.25, 0.3) is 0 Å². The van der Waals surface area contributed by atoms with Gasteiger partial charge in [-0.2, -0.15) is 4.31 Å². The summed E-state index contributed by atoms with van der Waals surface area (Å²) in [4.78, 5) is -0.00391. The van der Waals surface area contributed by atoms with Crippen LogP contribution in [-0.4, -0.2) is 39.5 Å². The average molecular weight is 381 g/mol. The van der Waals surface area contributed by atoms with Crippen molar-refractivity contribution in [3.63, 3.8) is 0 Å². The Morgan fingerprint density at radius 3 is 2.12 bits per heavy atom. The molecule has 1 saturated heterocycles. The minimum Gasteiger partial charge on any atom is -0.223 e. The van der Waals surface area contributed by atoms with Crippen LogP contribution in [0.15, 0.2) is 64.9 Å². The second kappa shape index (κ2) is 6.70. The number of benzene rings is 2. The van der Waals surface area contributed by atoms with Crippen LogP contribution in [0.2, 0.25) is 0 Å². The first-order valence-corrected chi connectivity index (χ1v) is 10.6. The number of halogens is 1. The number of sulfone groups is 1. The van der Waals surface area contributed by atoms with Gasteiger partial charge in [-0.25, -0.2) is 21.2 Å². The Labute approximate surface area is 146 Å². The monoisotopic (exact) mass is 381 g/mol. The zero-order chi connectivity index (χ0) is 18.1. The quantitative estimate of drug-likeness (QED) is 0.745. The molecular weight excluding hydrogens is 365 g/mol. The predicted octanol–water partition coefficient (Wildman–Crippen LogP) is 2.28. The van der Waals surface area contributed by atoms with Gasteiger partial charge >= 0.3 is 0 Å². The Bertz CT molecular complexity index is 979. The highest BCUT2D eigenvalue weighted by Gasteiger charge is 2.42. The fraction of sp³-hybridized carbons (Fsp3) is 0.176. The van der Waals surface area contributed by atoms with Gasteiger partial charge < -0.3 is 0 Å². The van der Waals surface area contributed by atoms with Crippen LogP contribution in [0.3, 0.4) is 0 Å². The van der Waals surface area contributed by atoms with Crippen molar-refractivity contribution in [3.8, 4) is 0 Å². The molecule has 1 heterocycles. The van der Waals surface area contributed by atoms with Crippen LogP contribution in [0, 0.1) is 5.82 Å². The zero-order valence-electron chi connectivity index (χ0n) is 13.1. The smallest absolute Gasteiger partial charge is 0.223 e. The summed E-state index contributed by atoms with van der Waals surface area (Å²) in [7, 11) is -7.35. The molecule has 0 aliphatic carbocycles. The summed E-state index contributed by atoms with van der Waals surface area (Å²) in [6.45, 7) is -0.220. The van der Waals surface area contributed by atoms with Crippen LogP contribution >= 0.6 is 0 Å². The summed E-state index contributed by atoms with van der Waals surface area (Å²) in [5, 5.41) is 0.251. The van der Waals surface area contributed by atoms with E-state index in [9.17, 15) is 21.2 Å². The fourth-order valence-corrected chi connectivity index (χ4v) is 5.55. The van der Waals surface area contributed by atoms with Crippen molar-refractivity contribution in [1.82, 2.24) is 4.31 Å². The molecule has 0 aromatic heterocycles. The van der Waals surface area contributed by atoms with E-state index in [-0.39, 0.29) is 18.0 Å². The van der Waals surface area contributed by atoms with Crippen molar-refractivity contribution < 1.29 is 21.2 Å². The van der Waals surface area contributed by atoms with Gasteiger partial charge in [0.2, 0.25) is 10.0 Å². The molecule has 1 fully saturated rings. The van der Waals surface area contributed by atoms with E-state index < -0.39 is 30.9 Å². The summed E-state index contributed by atoms with van der Waals surface area (Å²) in [6, 6.07) is 13.5. The van der Waals surface area contributed by atoms with Crippen LogP contribution in [-0.2, 0) is 19.9 Å². The lowest BCUT2D eigenvalue weighted by Crippen LogP contribution is -2.56. The van der Waals surface area contributed by atoms with Gasteiger partial charge in [0, 0.05) is 18.5 Å². The first kappa shape index (κ1) is 17.8. The molecule has 2 aromatic rings. The SMILES string of the molecule is O=S(=O)(c1ccc(F)cc1)C1CN(S(=O)(=O)/C=C/c2ccccc2)C1. The molecule has 0 unspecified atom stereocenters. The highest BCUT2D eigenvalue weighted by molar-refractivity contribution is 7.93. The molecule has 0 atom stereocenters. The van der Waals surface area contributed by atoms with Crippen LogP contribution < -0.4 is 0 Å². The van der Waals surface area contributed by atoms with E-state index in [4.69, 9.17) is 0 Å². The molecular formula is C17H16FNO4S2. The van der Waals surface area contributed by atoms with E-state index in [1.54, 1.807) is 24.3 Å². The Kier molecular flexibility index (Phi) is 4.77. The number of sulfonamides is 1. The molecule has 2 aromatic carbocycles. The topological polar surface area (TPSA) is 71.5 Å². The molecule has 0 N–H and O–H groups in total. The van der Waals surface area contributed by atoms with Crippen LogP contribution in [0.1, 0.15) is 5.56 Å². The molecule has 8 heteroatoms. The molecule has 132 valence electrons. The second-order valence-corrected chi connectivity index (χ2v) is 9.74. The summed E-state index contributed by atoms with van der Waals surface area (Å²) < 4.78 is 63.3. The Hall–Kier alpha value is -2.03. The standard InChI is InChI=1S/C17H16FNO4S2/c18-15-6-8-16(9-7-15)25(22,23)17-12-19(13-17)24(20,21)11-10-14-4-2-1-3-5-14/h1-11,17H,12-13H2/b11-10+. The molecule has 0 bridgehead atoms. The Morgan fingerprint density at radius 1 is 0.920 bits per heavy atom. The molecule has 1 aliphatic rings. The van der Waals surface area contributed by atoms with Gasteiger partial charge in [0.05, 0.1) is 10.1 Å². The number of hydrogen-bond acceptors (Lipinski definition) is 4. The van der Waals surface area contributed by atoms with E-state index in [1.807, 2.05) is 6.07 Å². The van der Waals surface area contributed by atoms with Gasteiger partial charge in [0.1, 0.15) is 5.82 Å². The van der Waals surface area contributed by atoms with Crippen molar-refractivity contribution in [3.05, 3.63) is 71.4 Å². The summed E-state index contributed by atoms with van der Waals surface area (Å²) in [5.74, 6) is -0.525. The van der Waals surface area contributed by atoms with Gasteiger partial charge in [0.15, 0.2) is 9.84 Å². The number of nitrogens with zero attached hydrogens (tertiary/aromatic N) is 1. The fourth-order valence-electron chi connectivity index (χ4n) is 2.44. The predicted molar refractivity (Wildman–Crippen MR) is 93.3 cm³/mol. The Morgan fingerprint density at radius 2 is 1.52 bits per heavy atom. The highest BCUT2D eigenvalue weighted by atomic mass is 32.2. The van der Waals surface area contributed by atoms with Gasteiger partial charge in [-0.1, -0.05) is 30.3 Å². The third-order valence-corrected chi connectivity index (χ3v) is 7.59. The molecule has 0 amide bonds. The van der Waals surface area contributed by atoms with E-state index in [0.29, 0.717) is 0 Å². The maximum atomic E-state index is 12.9. The highest BCUT2D eigenvalue weighted by Crippen LogP contribution is 2.26. The van der Waals surface area contributed by atoms with E-state index in [2.05, 4.69) is 0 Å². The van der Waals surface area contributed by atoms with Crippen LogP contribution in [0.4, 0.5) is 4.39 Å². The maximum absolute atomic E-state index is 12.9. The van der Waals surface area contributed by atoms with Gasteiger partial charge in [-0.15, -0.1) is 0 Å². The summed E-state index contributed by atoms with van der Waals surface area (Å²) >= 11 is 0. The van der Waals surface area contributed by atoms with Crippen molar-refractivity contribution in [2.45, 2.75) is 10.1 Å². The molecule has 0 radical (unpaired) electrons. The minimum absolute atomic E-state index is 0.00391. The lowest BCUT2D eigenvalue weighted by Gasteiger charge is -2.36. The minimum atomic E-state index is -3.68. The lowest BCUT2D eigenvalue weighted by molar-refractivity contribution is 0.313. The molecule has 1 aliphatic heterocycles. The number of rotatable bonds is 5. The summed E-state index contributed by atoms with van der Waals surface area (Å²) in [6.07, 6.45) is 1.47. The van der Waals surface area contributed by atoms with Crippen LogP contribution in [0.5, 0.6) is 0 Å². The molecule has 5 nitrogen and oxygen atoms in total. The molecule has 0 saturated carbocycles. The van der Waals surface area contributed by atoms with E-state index in [1.165, 1.54) is 18.2 Å². The van der Waals surface area contributed by atoms with Crippen molar-refractivity contribution in [2.24, 2.45) is 0 Å². The first-order chi connectivity index (χ1) is 11.8. The molecule has 0 spiro atoms. The maximum Gasteiger partial charge on any atom is 0.236 e. The average Bonchev–Trinajstić information content (AvgIpc) is 2.52. The van der Waals surface area contributed by atoms with Gasteiger partial charge in [-0.3, -0.25) is 0 Å². The van der Waals surface area contributed by atoms with Crippen molar-refractivity contribution in [2.75, 3.05) is 13.1 Å². The van der Waals surface area contributed by atoms with Crippen LogP contribution in [0.25, 0.3) is 6.08 Å². The lowest BCUT2D eigenvalue weighted by atomic mass is 10.2. The second-order valence-electron chi connectivity index (χ2n) is 5.70. The third-order valence-electron chi connectivity index (χ3n) is 3.99. The molecule has 25 heavy (non-hydrogen) atoms. The van der Waals surface area contributed by atoms with E-state index >= 15 is 0 Å².